The molecule has 0 N–H and O–H groups in total. The second-order valence-corrected chi connectivity index (χ2v) is 11.6. The van der Waals surface area contributed by atoms with Crippen molar-refractivity contribution in [3.8, 4) is 5.75 Å². The van der Waals surface area contributed by atoms with Crippen LogP contribution in [0.2, 0.25) is 18.1 Å². The normalized spacial score (nSPS) is 13.0. The van der Waals surface area contributed by atoms with Crippen molar-refractivity contribution in [1.29, 1.82) is 0 Å². The van der Waals surface area contributed by atoms with Crippen LogP contribution in [0.4, 0.5) is 0 Å². The lowest BCUT2D eigenvalue weighted by molar-refractivity contribution is 0.402. The second-order valence-electron chi connectivity index (χ2n) is 6.88. The number of hydrogen-bond donors (Lipinski definition) is 0. The van der Waals surface area contributed by atoms with E-state index in [-0.39, 0.29) is 5.04 Å². The fraction of sp³-hybridized carbons (Fsp3) is 0.444. The fourth-order valence-electron chi connectivity index (χ4n) is 1.69. The van der Waals surface area contributed by atoms with Crippen molar-refractivity contribution in [2.45, 2.75) is 45.8 Å². The van der Waals surface area contributed by atoms with Crippen molar-refractivity contribution >= 4 is 13.9 Å². The number of methoxy groups -OCH3 is 1. The minimum absolute atomic E-state index is 0.178. The minimum Gasteiger partial charge on any atom is -0.544 e. The largest absolute Gasteiger partial charge is 0.544 e. The van der Waals surface area contributed by atoms with Crippen molar-refractivity contribution in [3.63, 3.8) is 0 Å². The van der Waals surface area contributed by atoms with Crippen LogP contribution in [-0.2, 0) is 4.43 Å². The summed E-state index contributed by atoms with van der Waals surface area (Å²) in [5, 5.41) is 0.178. The molecule has 0 spiro atoms. The molecule has 116 valence electrons. The summed E-state index contributed by atoms with van der Waals surface area (Å²) in [6.07, 6.45) is 2.02. The Bertz CT molecular complexity index is 519. The van der Waals surface area contributed by atoms with E-state index in [1.807, 2.05) is 30.3 Å². The molecule has 0 aromatic heterocycles. The molecule has 1 aromatic rings. The maximum absolute atomic E-state index is 6.18. The van der Waals surface area contributed by atoms with Gasteiger partial charge in [0, 0.05) is 0 Å². The summed E-state index contributed by atoms with van der Waals surface area (Å²) in [5.41, 5.74) is 2.29. The molecule has 1 aromatic carbocycles. The third-order valence-corrected chi connectivity index (χ3v) is 8.50. The van der Waals surface area contributed by atoms with E-state index < -0.39 is 8.32 Å². The predicted molar refractivity (Wildman–Crippen MR) is 94.1 cm³/mol. The van der Waals surface area contributed by atoms with Crippen LogP contribution in [0.3, 0.4) is 0 Å². The molecule has 0 bridgehead atoms. The summed E-state index contributed by atoms with van der Waals surface area (Å²) in [4.78, 5) is 0. The van der Waals surface area contributed by atoms with Crippen molar-refractivity contribution in [2.24, 2.45) is 0 Å². The second kappa shape index (κ2) is 6.52. The zero-order valence-corrected chi connectivity index (χ0v) is 15.4. The first-order valence-corrected chi connectivity index (χ1v) is 10.2. The highest BCUT2D eigenvalue weighted by Gasteiger charge is 2.38. The first-order chi connectivity index (χ1) is 9.56. The van der Waals surface area contributed by atoms with E-state index in [0.29, 0.717) is 0 Å². The molecule has 0 aliphatic carbocycles. The van der Waals surface area contributed by atoms with Crippen molar-refractivity contribution in [3.05, 3.63) is 48.2 Å². The third-order valence-electron chi connectivity index (χ3n) is 4.12. The first kappa shape index (κ1) is 17.6. The third kappa shape index (κ3) is 4.78. The fourth-order valence-corrected chi connectivity index (χ4v) is 2.71. The summed E-state index contributed by atoms with van der Waals surface area (Å²) in [5.74, 6) is 1.61. The van der Waals surface area contributed by atoms with Crippen LogP contribution < -0.4 is 4.74 Å². The minimum atomic E-state index is -1.81. The molecule has 0 aliphatic rings. The Balaban J connectivity index is 2.84. The zero-order chi connectivity index (χ0) is 16.3. The van der Waals surface area contributed by atoms with Crippen LogP contribution in [0.25, 0.3) is 5.57 Å². The predicted octanol–water partition coefficient (Wildman–Crippen LogP) is 5.63. The molecule has 0 saturated heterocycles. The van der Waals surface area contributed by atoms with E-state index in [1.54, 1.807) is 7.11 Å². The van der Waals surface area contributed by atoms with E-state index in [0.717, 1.165) is 22.6 Å². The lowest BCUT2D eigenvalue weighted by Crippen LogP contribution is -2.40. The number of ether oxygens (including phenoxy) is 1. The molecule has 0 heterocycles. The number of rotatable bonds is 5. The van der Waals surface area contributed by atoms with Gasteiger partial charge >= 0.3 is 0 Å². The Morgan fingerprint density at radius 1 is 1.14 bits per heavy atom. The molecule has 0 atom stereocenters. The van der Waals surface area contributed by atoms with Crippen molar-refractivity contribution < 1.29 is 9.16 Å². The van der Waals surface area contributed by atoms with Gasteiger partial charge in [0.1, 0.15) is 5.75 Å². The number of allylic oxidation sites excluding steroid dienone is 2. The van der Waals surface area contributed by atoms with Gasteiger partial charge in [-0.05, 0) is 54.4 Å². The van der Waals surface area contributed by atoms with Gasteiger partial charge in [0.2, 0.25) is 8.32 Å². The highest BCUT2D eigenvalue weighted by molar-refractivity contribution is 6.74. The quantitative estimate of drug-likeness (QED) is 0.398. The Hall–Kier alpha value is -1.48. The van der Waals surface area contributed by atoms with Gasteiger partial charge < -0.3 is 9.16 Å². The van der Waals surface area contributed by atoms with Gasteiger partial charge in [-0.2, -0.15) is 0 Å². The molecule has 1 rings (SSSR count). The Kier molecular flexibility index (Phi) is 5.46. The van der Waals surface area contributed by atoms with Crippen LogP contribution in [0, 0.1) is 0 Å². The number of benzene rings is 1. The van der Waals surface area contributed by atoms with Gasteiger partial charge in [-0.25, -0.2) is 0 Å². The van der Waals surface area contributed by atoms with E-state index in [9.17, 15) is 0 Å². The Labute approximate surface area is 130 Å². The number of hydrogen-bond acceptors (Lipinski definition) is 2. The average Bonchev–Trinajstić information content (AvgIpc) is 2.36. The SMILES string of the molecule is C=C(/C=C(\C)c1ccc(OC)cc1)O[Si](C)(C)C(C)(C)C. The molecule has 3 heteroatoms. The summed E-state index contributed by atoms with van der Waals surface area (Å²) in [6.45, 7) is 17.3. The first-order valence-electron chi connectivity index (χ1n) is 7.27. The Morgan fingerprint density at radius 2 is 1.67 bits per heavy atom. The molecule has 0 amide bonds. The molecular weight excluding hydrogens is 276 g/mol. The standard InChI is InChI=1S/C18H28O2Si/c1-14(16-9-11-17(19-6)12-10-16)13-15(2)20-21(7,8)18(3,4)5/h9-13H,2H2,1,3-8H3/b14-13+. The van der Waals surface area contributed by atoms with Crippen LogP contribution in [-0.4, -0.2) is 15.4 Å². The monoisotopic (exact) mass is 304 g/mol. The van der Waals surface area contributed by atoms with Gasteiger partial charge in [0.05, 0.1) is 12.9 Å². The summed E-state index contributed by atoms with van der Waals surface area (Å²) in [6, 6.07) is 8.02. The average molecular weight is 305 g/mol. The summed E-state index contributed by atoms with van der Waals surface area (Å²) < 4.78 is 11.4. The van der Waals surface area contributed by atoms with Crippen LogP contribution >= 0.6 is 0 Å². The summed E-state index contributed by atoms with van der Waals surface area (Å²) >= 11 is 0. The molecule has 0 radical (unpaired) electrons. The molecule has 0 unspecified atom stereocenters. The topological polar surface area (TPSA) is 18.5 Å². The van der Waals surface area contributed by atoms with Gasteiger partial charge in [0.15, 0.2) is 0 Å². The van der Waals surface area contributed by atoms with Crippen molar-refractivity contribution in [1.82, 2.24) is 0 Å². The smallest absolute Gasteiger partial charge is 0.250 e. The maximum Gasteiger partial charge on any atom is 0.250 e. The van der Waals surface area contributed by atoms with Crippen LogP contribution in [0.5, 0.6) is 5.75 Å². The maximum atomic E-state index is 6.18. The Morgan fingerprint density at radius 3 is 2.10 bits per heavy atom. The van der Waals surface area contributed by atoms with Crippen molar-refractivity contribution in [2.75, 3.05) is 7.11 Å². The molecular formula is C18H28O2Si. The van der Waals surface area contributed by atoms with E-state index in [2.05, 4.69) is 47.4 Å². The van der Waals surface area contributed by atoms with Gasteiger partial charge in [-0.15, -0.1) is 0 Å². The molecule has 21 heavy (non-hydrogen) atoms. The van der Waals surface area contributed by atoms with E-state index in [1.165, 1.54) is 0 Å². The molecule has 0 fully saturated rings. The van der Waals surface area contributed by atoms with Crippen LogP contribution in [0.1, 0.15) is 33.3 Å². The lowest BCUT2D eigenvalue weighted by atomic mass is 10.1. The van der Waals surface area contributed by atoms with Gasteiger partial charge in [0.25, 0.3) is 0 Å². The highest BCUT2D eigenvalue weighted by Crippen LogP contribution is 2.38. The van der Waals surface area contributed by atoms with E-state index in [4.69, 9.17) is 9.16 Å². The van der Waals surface area contributed by atoms with Gasteiger partial charge in [-0.1, -0.05) is 39.5 Å². The molecule has 2 nitrogen and oxygen atoms in total. The molecule has 0 aliphatic heterocycles. The van der Waals surface area contributed by atoms with E-state index >= 15 is 0 Å². The highest BCUT2D eigenvalue weighted by atomic mass is 28.4. The zero-order valence-electron chi connectivity index (χ0n) is 14.4. The molecule has 0 saturated carbocycles. The van der Waals surface area contributed by atoms with Gasteiger partial charge in [-0.3, -0.25) is 0 Å². The summed E-state index contributed by atoms with van der Waals surface area (Å²) in [7, 11) is -0.141. The lowest BCUT2D eigenvalue weighted by Gasteiger charge is -2.36. The van der Waals surface area contributed by atoms with Crippen LogP contribution in [0.15, 0.2) is 42.7 Å².